The second kappa shape index (κ2) is 8.86. The van der Waals surface area contributed by atoms with Crippen molar-refractivity contribution >= 4 is 29.1 Å². The van der Waals surface area contributed by atoms with Gasteiger partial charge in [0.15, 0.2) is 5.17 Å². The zero-order chi connectivity index (χ0) is 19.2. The fraction of sp³-hybridized carbons (Fsp3) is 0.286. The first-order valence-corrected chi connectivity index (χ1v) is 9.78. The van der Waals surface area contributed by atoms with Crippen molar-refractivity contribution in [1.82, 2.24) is 5.32 Å². The van der Waals surface area contributed by atoms with Gasteiger partial charge in [0.1, 0.15) is 5.75 Å². The van der Waals surface area contributed by atoms with E-state index in [1.807, 2.05) is 38.1 Å². The van der Waals surface area contributed by atoms with E-state index >= 15 is 0 Å². The lowest BCUT2D eigenvalue weighted by molar-refractivity contribution is -0.118. The van der Waals surface area contributed by atoms with Gasteiger partial charge in [0, 0.05) is 0 Å². The Balaban J connectivity index is 1.57. The van der Waals surface area contributed by atoms with E-state index in [1.165, 1.54) is 17.3 Å². The minimum absolute atomic E-state index is 0.0234. The first kappa shape index (κ1) is 19.2. The highest BCUT2D eigenvalue weighted by Gasteiger charge is 2.30. The van der Waals surface area contributed by atoms with Gasteiger partial charge in [-0.3, -0.25) is 4.79 Å². The van der Waals surface area contributed by atoms with Gasteiger partial charge in [-0.2, -0.15) is 5.10 Å². The molecule has 140 valence electrons. The van der Waals surface area contributed by atoms with Crippen LogP contribution in [0.1, 0.15) is 30.5 Å². The Kier molecular flexibility index (Phi) is 6.29. The molecule has 1 fully saturated rings. The van der Waals surface area contributed by atoms with Crippen LogP contribution in [-0.4, -0.2) is 28.6 Å². The molecule has 0 aromatic heterocycles. The molecule has 1 saturated heterocycles. The van der Waals surface area contributed by atoms with Gasteiger partial charge in [-0.25, -0.2) is 0 Å². The third kappa shape index (κ3) is 5.69. The van der Waals surface area contributed by atoms with Gasteiger partial charge < -0.3 is 10.1 Å². The summed E-state index contributed by atoms with van der Waals surface area (Å²) < 4.78 is 5.61. The molecule has 1 unspecified atom stereocenters. The van der Waals surface area contributed by atoms with Crippen LogP contribution in [0, 0.1) is 6.92 Å². The third-order valence-electron chi connectivity index (χ3n) is 3.93. The topological polar surface area (TPSA) is 63.1 Å². The molecular weight excluding hydrogens is 358 g/mol. The first-order chi connectivity index (χ1) is 13.0. The minimum Gasteiger partial charge on any atom is -0.491 e. The third-order valence-corrected chi connectivity index (χ3v) is 5.00. The maximum atomic E-state index is 12.1. The van der Waals surface area contributed by atoms with Gasteiger partial charge in [0.2, 0.25) is 5.91 Å². The summed E-state index contributed by atoms with van der Waals surface area (Å²) in [7, 11) is 0. The number of nitrogens with zero attached hydrogens (tertiary/aromatic N) is 2. The zero-order valence-electron chi connectivity index (χ0n) is 15.7. The van der Waals surface area contributed by atoms with Gasteiger partial charge in [0.05, 0.1) is 17.6 Å². The van der Waals surface area contributed by atoms with Crippen molar-refractivity contribution in [3.05, 3.63) is 65.2 Å². The Morgan fingerprint density at radius 2 is 1.85 bits per heavy atom. The van der Waals surface area contributed by atoms with Crippen LogP contribution in [-0.2, 0) is 11.2 Å². The molecule has 1 aliphatic heterocycles. The molecule has 2 aromatic carbocycles. The maximum Gasteiger partial charge on any atom is 0.239 e. The number of amidine groups is 1. The first-order valence-electron chi connectivity index (χ1n) is 8.90. The molecule has 0 aliphatic carbocycles. The molecule has 1 N–H and O–H groups in total. The molecule has 1 amide bonds. The highest BCUT2D eigenvalue weighted by molar-refractivity contribution is 8.15. The van der Waals surface area contributed by atoms with Crippen LogP contribution >= 0.6 is 11.8 Å². The van der Waals surface area contributed by atoms with Crippen molar-refractivity contribution < 1.29 is 9.53 Å². The Morgan fingerprint density at radius 3 is 2.52 bits per heavy atom. The van der Waals surface area contributed by atoms with Gasteiger partial charge in [-0.1, -0.05) is 41.6 Å². The van der Waals surface area contributed by atoms with Crippen molar-refractivity contribution in [2.75, 3.05) is 0 Å². The van der Waals surface area contributed by atoms with Crippen molar-refractivity contribution in [2.45, 2.75) is 38.5 Å². The molecule has 5 nitrogen and oxygen atoms in total. The number of amides is 1. The zero-order valence-corrected chi connectivity index (χ0v) is 16.5. The fourth-order valence-corrected chi connectivity index (χ4v) is 3.54. The second-order valence-electron chi connectivity index (χ2n) is 6.67. The SMILES string of the molecule is Cc1ccc(CC2S/C(=N/N=Cc3ccc(OC(C)C)cc3)NC2=O)cc1. The van der Waals surface area contributed by atoms with Gasteiger partial charge in [-0.05, 0) is 62.6 Å². The molecule has 2 aromatic rings. The molecule has 1 atom stereocenters. The summed E-state index contributed by atoms with van der Waals surface area (Å²) in [5.74, 6) is 0.802. The van der Waals surface area contributed by atoms with Crippen molar-refractivity contribution in [3.8, 4) is 5.75 Å². The average Bonchev–Trinajstić information content (AvgIpc) is 2.97. The van der Waals surface area contributed by atoms with Crippen LogP contribution in [0.3, 0.4) is 0 Å². The van der Waals surface area contributed by atoms with E-state index < -0.39 is 0 Å². The lowest BCUT2D eigenvalue weighted by atomic mass is 10.1. The predicted molar refractivity (Wildman–Crippen MR) is 112 cm³/mol. The number of nitrogens with one attached hydrogen (secondary N) is 1. The van der Waals surface area contributed by atoms with Gasteiger partial charge >= 0.3 is 0 Å². The Morgan fingerprint density at radius 1 is 1.15 bits per heavy atom. The highest BCUT2D eigenvalue weighted by atomic mass is 32.2. The second-order valence-corrected chi connectivity index (χ2v) is 7.86. The molecule has 1 heterocycles. The number of benzene rings is 2. The number of hydrogen-bond acceptors (Lipinski definition) is 5. The lowest BCUT2D eigenvalue weighted by Gasteiger charge is -2.08. The van der Waals surface area contributed by atoms with Gasteiger partial charge in [0.25, 0.3) is 0 Å². The van der Waals surface area contributed by atoms with Crippen LogP contribution in [0.25, 0.3) is 0 Å². The smallest absolute Gasteiger partial charge is 0.239 e. The van der Waals surface area contributed by atoms with E-state index in [4.69, 9.17) is 4.74 Å². The van der Waals surface area contributed by atoms with Crippen LogP contribution in [0.2, 0.25) is 0 Å². The quantitative estimate of drug-likeness (QED) is 0.609. The molecule has 0 radical (unpaired) electrons. The number of thioether (sulfide) groups is 1. The average molecular weight is 382 g/mol. The largest absolute Gasteiger partial charge is 0.491 e. The lowest BCUT2D eigenvalue weighted by Crippen LogP contribution is -2.25. The molecule has 1 aliphatic rings. The summed E-state index contributed by atoms with van der Waals surface area (Å²) in [6, 6.07) is 15.9. The number of carbonyl (C=O) groups is 1. The summed E-state index contributed by atoms with van der Waals surface area (Å²) in [4.78, 5) is 12.1. The Bertz CT molecular complexity index is 843. The van der Waals surface area contributed by atoms with Crippen LogP contribution in [0.4, 0.5) is 0 Å². The summed E-state index contributed by atoms with van der Waals surface area (Å²) in [5.41, 5.74) is 3.27. The van der Waals surface area contributed by atoms with Gasteiger partial charge in [-0.15, -0.1) is 5.10 Å². The minimum atomic E-state index is -0.172. The van der Waals surface area contributed by atoms with E-state index in [2.05, 4.69) is 46.7 Å². The predicted octanol–water partition coefficient (Wildman–Crippen LogP) is 3.95. The van der Waals surface area contributed by atoms with Crippen LogP contribution < -0.4 is 10.1 Å². The fourth-order valence-electron chi connectivity index (χ4n) is 2.58. The van der Waals surface area contributed by atoms with Crippen LogP contribution in [0.5, 0.6) is 5.75 Å². The van der Waals surface area contributed by atoms with Crippen molar-refractivity contribution in [3.63, 3.8) is 0 Å². The summed E-state index contributed by atoms with van der Waals surface area (Å²) >= 11 is 1.42. The number of aryl methyl sites for hydroxylation is 1. The summed E-state index contributed by atoms with van der Waals surface area (Å²) in [5, 5.41) is 11.4. The number of ether oxygens (including phenoxy) is 1. The standard InChI is InChI=1S/C21H23N3O2S/c1-14(2)26-18-10-8-17(9-11-18)13-22-24-21-23-20(25)19(27-21)12-16-6-4-15(3)5-7-16/h4-11,13-14,19H,12H2,1-3H3,(H,23,24,25). The van der Waals surface area contributed by atoms with Crippen LogP contribution in [0.15, 0.2) is 58.7 Å². The molecule has 0 spiro atoms. The number of carbonyl (C=O) groups excluding carboxylic acids is 1. The normalized spacial score (nSPS) is 18.4. The maximum absolute atomic E-state index is 12.1. The molecule has 6 heteroatoms. The number of rotatable bonds is 6. The van der Waals surface area contributed by atoms with E-state index in [1.54, 1.807) is 6.21 Å². The van der Waals surface area contributed by atoms with Crippen molar-refractivity contribution in [2.24, 2.45) is 10.2 Å². The molecule has 3 rings (SSSR count). The van der Waals surface area contributed by atoms with E-state index in [0.717, 1.165) is 16.9 Å². The monoisotopic (exact) mass is 381 g/mol. The molecular formula is C21H23N3O2S. The Labute approximate surface area is 163 Å². The summed E-state index contributed by atoms with van der Waals surface area (Å²) in [6.45, 7) is 6.03. The number of hydrogen-bond donors (Lipinski definition) is 1. The molecule has 27 heavy (non-hydrogen) atoms. The molecule has 0 bridgehead atoms. The molecule has 0 saturated carbocycles. The van der Waals surface area contributed by atoms with Crippen molar-refractivity contribution in [1.29, 1.82) is 0 Å². The van der Waals surface area contributed by atoms with E-state index in [-0.39, 0.29) is 17.3 Å². The van der Waals surface area contributed by atoms with E-state index in [9.17, 15) is 4.79 Å². The summed E-state index contributed by atoms with van der Waals surface area (Å²) in [6.07, 6.45) is 2.48. The van der Waals surface area contributed by atoms with E-state index in [0.29, 0.717) is 11.6 Å². The Hall–Kier alpha value is -2.60. The highest BCUT2D eigenvalue weighted by Crippen LogP contribution is 2.23.